The fourth-order valence-electron chi connectivity index (χ4n) is 1.66. The van der Waals surface area contributed by atoms with E-state index in [1.165, 1.54) is 0 Å². The van der Waals surface area contributed by atoms with Gasteiger partial charge in [0.15, 0.2) is 0 Å². The Balaban J connectivity index is 2.97. The van der Waals surface area contributed by atoms with Crippen molar-refractivity contribution >= 4 is 10.8 Å². The highest BCUT2D eigenvalue weighted by atomic mass is 32.2. The van der Waals surface area contributed by atoms with Crippen molar-refractivity contribution in [3.8, 4) is 0 Å². The molecule has 0 heterocycles. The predicted octanol–water partition coefficient (Wildman–Crippen LogP) is 3.64. The molecule has 2 nitrogen and oxygen atoms in total. The van der Waals surface area contributed by atoms with E-state index in [1.54, 1.807) is 19.9 Å². The van der Waals surface area contributed by atoms with Crippen LogP contribution in [0.3, 0.4) is 0 Å². The van der Waals surface area contributed by atoms with Crippen LogP contribution in [-0.4, -0.2) is 14.9 Å². The van der Waals surface area contributed by atoms with Crippen molar-refractivity contribution in [3.05, 3.63) is 41.3 Å². The van der Waals surface area contributed by atoms with Crippen LogP contribution in [0.1, 0.15) is 40.0 Å². The highest BCUT2D eigenvalue weighted by Gasteiger charge is 2.15. The second-order valence-corrected chi connectivity index (χ2v) is 6.48. The molecule has 0 radical (unpaired) electrons. The molecule has 1 aromatic carbocycles. The predicted molar refractivity (Wildman–Crippen MR) is 76.8 cm³/mol. The summed E-state index contributed by atoms with van der Waals surface area (Å²) in [5, 5.41) is 9.87. The summed E-state index contributed by atoms with van der Waals surface area (Å²) in [4.78, 5) is 1.61. The van der Waals surface area contributed by atoms with Crippen molar-refractivity contribution in [2.75, 3.05) is 0 Å². The minimum Gasteiger partial charge on any atom is -0.386 e. The third-order valence-electron chi connectivity index (χ3n) is 2.49. The van der Waals surface area contributed by atoms with Crippen LogP contribution in [0.2, 0.25) is 0 Å². The van der Waals surface area contributed by atoms with Gasteiger partial charge < -0.3 is 5.11 Å². The van der Waals surface area contributed by atoms with Crippen molar-refractivity contribution in [1.29, 1.82) is 0 Å². The van der Waals surface area contributed by atoms with Crippen LogP contribution < -0.4 is 0 Å². The molecule has 0 fully saturated rings. The molecular weight excluding hydrogens is 244 g/mol. The van der Waals surface area contributed by atoms with E-state index in [2.05, 4.69) is 6.92 Å². The van der Waals surface area contributed by atoms with Crippen LogP contribution in [0.5, 0.6) is 0 Å². The Bertz CT molecular complexity index is 416. The average Bonchev–Trinajstić information content (AvgIpc) is 2.33. The largest absolute Gasteiger partial charge is 0.386 e. The molecule has 0 bridgehead atoms. The van der Waals surface area contributed by atoms with Gasteiger partial charge in [0.25, 0.3) is 0 Å². The summed E-state index contributed by atoms with van der Waals surface area (Å²) in [6, 6.07) is 9.40. The standard InChI is InChI=1S/C15H22O2S/c1-4-5-9-14(12-15(2,3)16)18(17)13-10-7-6-8-11-13/h6-8,10-12,16H,4-5,9H2,1-3H3/b14-12+. The van der Waals surface area contributed by atoms with Gasteiger partial charge in [0.1, 0.15) is 0 Å². The summed E-state index contributed by atoms with van der Waals surface area (Å²) in [5.74, 6) is 0. The van der Waals surface area contributed by atoms with Crippen LogP contribution in [0.25, 0.3) is 0 Å². The maximum atomic E-state index is 12.5. The molecule has 0 aliphatic heterocycles. The summed E-state index contributed by atoms with van der Waals surface area (Å²) in [7, 11) is -1.17. The summed E-state index contributed by atoms with van der Waals surface area (Å²) in [5.41, 5.74) is -0.923. The van der Waals surface area contributed by atoms with E-state index in [4.69, 9.17) is 0 Å². The Morgan fingerprint density at radius 3 is 2.44 bits per heavy atom. The van der Waals surface area contributed by atoms with Gasteiger partial charge in [-0.3, -0.25) is 0 Å². The zero-order valence-corrected chi connectivity index (χ0v) is 12.2. The molecule has 1 unspecified atom stereocenters. The normalized spacial score (nSPS) is 14.6. The summed E-state index contributed by atoms with van der Waals surface area (Å²) < 4.78 is 12.5. The zero-order chi connectivity index (χ0) is 13.6. The second kappa shape index (κ2) is 6.86. The molecule has 0 saturated heterocycles. The van der Waals surface area contributed by atoms with E-state index in [0.29, 0.717) is 0 Å². The van der Waals surface area contributed by atoms with Gasteiger partial charge in [-0.25, -0.2) is 4.21 Å². The highest BCUT2D eigenvalue weighted by Crippen LogP contribution is 2.22. The van der Waals surface area contributed by atoms with Crippen molar-refractivity contribution in [2.45, 2.75) is 50.5 Å². The minimum atomic E-state index is -1.17. The molecule has 1 aromatic rings. The van der Waals surface area contributed by atoms with Crippen LogP contribution >= 0.6 is 0 Å². The van der Waals surface area contributed by atoms with Gasteiger partial charge in [-0.15, -0.1) is 0 Å². The van der Waals surface area contributed by atoms with Crippen LogP contribution in [0.4, 0.5) is 0 Å². The van der Waals surface area contributed by atoms with Gasteiger partial charge in [0, 0.05) is 9.80 Å². The third kappa shape index (κ3) is 5.15. The molecule has 0 spiro atoms. The van der Waals surface area contributed by atoms with Gasteiger partial charge in [-0.05, 0) is 44.9 Å². The van der Waals surface area contributed by atoms with E-state index in [0.717, 1.165) is 29.1 Å². The van der Waals surface area contributed by atoms with E-state index in [-0.39, 0.29) is 0 Å². The first-order valence-corrected chi connectivity index (χ1v) is 7.50. The summed E-state index contributed by atoms with van der Waals surface area (Å²) >= 11 is 0. The topological polar surface area (TPSA) is 37.3 Å². The summed E-state index contributed by atoms with van der Waals surface area (Å²) in [6.45, 7) is 5.52. The molecule has 3 heteroatoms. The molecule has 1 rings (SSSR count). The zero-order valence-electron chi connectivity index (χ0n) is 11.3. The van der Waals surface area contributed by atoms with Crippen molar-refractivity contribution in [3.63, 3.8) is 0 Å². The van der Waals surface area contributed by atoms with Crippen molar-refractivity contribution in [2.24, 2.45) is 0 Å². The molecule has 0 amide bonds. The van der Waals surface area contributed by atoms with Crippen LogP contribution in [-0.2, 0) is 10.8 Å². The Labute approximate surface area is 112 Å². The van der Waals surface area contributed by atoms with E-state index >= 15 is 0 Å². The number of hydrogen-bond donors (Lipinski definition) is 1. The van der Waals surface area contributed by atoms with Crippen LogP contribution in [0.15, 0.2) is 46.2 Å². The SMILES string of the molecule is CCCC/C(=C\C(C)(C)O)S(=O)c1ccccc1. The maximum Gasteiger partial charge on any atom is 0.0806 e. The van der Waals surface area contributed by atoms with Crippen molar-refractivity contribution in [1.82, 2.24) is 0 Å². The number of aliphatic hydroxyl groups is 1. The van der Waals surface area contributed by atoms with Gasteiger partial charge in [0.05, 0.1) is 16.4 Å². The lowest BCUT2D eigenvalue weighted by Crippen LogP contribution is -2.16. The lowest BCUT2D eigenvalue weighted by atomic mass is 10.1. The lowest BCUT2D eigenvalue weighted by Gasteiger charge is -2.15. The number of rotatable bonds is 6. The Morgan fingerprint density at radius 2 is 1.94 bits per heavy atom. The van der Waals surface area contributed by atoms with Gasteiger partial charge in [-0.1, -0.05) is 31.5 Å². The molecule has 0 aliphatic rings. The fourth-order valence-corrected chi connectivity index (χ4v) is 3.09. The molecule has 100 valence electrons. The number of benzene rings is 1. The van der Waals surface area contributed by atoms with E-state index in [1.807, 2.05) is 30.3 Å². The Hall–Kier alpha value is -0.930. The molecular formula is C15H22O2S. The Morgan fingerprint density at radius 1 is 1.33 bits per heavy atom. The Kier molecular flexibility index (Phi) is 5.76. The molecule has 1 N–H and O–H groups in total. The van der Waals surface area contributed by atoms with Gasteiger partial charge in [-0.2, -0.15) is 0 Å². The molecule has 0 aromatic heterocycles. The van der Waals surface area contributed by atoms with Crippen molar-refractivity contribution < 1.29 is 9.32 Å². The number of hydrogen-bond acceptors (Lipinski definition) is 2. The van der Waals surface area contributed by atoms with Crippen LogP contribution in [0, 0.1) is 0 Å². The van der Waals surface area contributed by atoms with E-state index in [9.17, 15) is 9.32 Å². The fraction of sp³-hybridized carbons (Fsp3) is 0.467. The third-order valence-corrected chi connectivity index (χ3v) is 3.98. The molecule has 1 atom stereocenters. The van der Waals surface area contributed by atoms with Gasteiger partial charge >= 0.3 is 0 Å². The molecule has 0 saturated carbocycles. The number of allylic oxidation sites excluding steroid dienone is 1. The first-order valence-electron chi connectivity index (χ1n) is 6.35. The average molecular weight is 266 g/mol. The minimum absolute atomic E-state index is 0.766. The second-order valence-electron chi connectivity index (χ2n) is 4.95. The number of unbranched alkanes of at least 4 members (excludes halogenated alkanes) is 1. The monoisotopic (exact) mass is 266 g/mol. The van der Waals surface area contributed by atoms with E-state index < -0.39 is 16.4 Å². The quantitative estimate of drug-likeness (QED) is 0.853. The summed E-state index contributed by atoms with van der Waals surface area (Å²) in [6.07, 6.45) is 4.53. The lowest BCUT2D eigenvalue weighted by molar-refractivity contribution is 0.132. The maximum absolute atomic E-state index is 12.5. The molecule has 18 heavy (non-hydrogen) atoms. The first-order chi connectivity index (χ1) is 8.44. The first kappa shape index (κ1) is 15.1. The van der Waals surface area contributed by atoms with Gasteiger partial charge in [0.2, 0.25) is 0 Å². The molecule has 0 aliphatic carbocycles. The highest BCUT2D eigenvalue weighted by molar-refractivity contribution is 7.89. The smallest absolute Gasteiger partial charge is 0.0806 e.